The molecule has 0 aliphatic carbocycles. The summed E-state index contributed by atoms with van der Waals surface area (Å²) in [5.74, 6) is -0.438. The number of imide groups is 1. The second-order valence-corrected chi connectivity index (χ2v) is 8.02. The summed E-state index contributed by atoms with van der Waals surface area (Å²) in [6.45, 7) is 1.07. The molecular formula is C19H19BrN4O3S. The molecule has 146 valence electrons. The van der Waals surface area contributed by atoms with Gasteiger partial charge in [0.1, 0.15) is 0 Å². The molecule has 1 fully saturated rings. The largest absolute Gasteiger partial charge is 0.354 e. The van der Waals surface area contributed by atoms with E-state index in [-0.39, 0.29) is 30.1 Å². The van der Waals surface area contributed by atoms with Crippen LogP contribution in [0, 0.1) is 0 Å². The maximum atomic E-state index is 12.5. The van der Waals surface area contributed by atoms with Crippen LogP contribution >= 0.6 is 27.7 Å². The summed E-state index contributed by atoms with van der Waals surface area (Å²) in [6, 6.07) is 9.32. The lowest BCUT2D eigenvalue weighted by Gasteiger charge is -2.13. The number of amides is 3. The molecule has 28 heavy (non-hydrogen) atoms. The first-order valence-corrected chi connectivity index (χ1v) is 10.4. The lowest BCUT2D eigenvalue weighted by Crippen LogP contribution is -2.37. The first kappa shape index (κ1) is 20.3. The van der Waals surface area contributed by atoms with E-state index in [1.54, 1.807) is 17.0 Å². The third kappa shape index (κ3) is 5.56. The SMILES string of the molecule is O=C(CCCn1cccn1)NCCN1C(=O)S/C(=C/c2cccc(Br)c2)C1=O. The van der Waals surface area contributed by atoms with Gasteiger partial charge in [0.2, 0.25) is 5.91 Å². The fourth-order valence-corrected chi connectivity index (χ4v) is 3.95. The van der Waals surface area contributed by atoms with Gasteiger partial charge in [0, 0.05) is 42.9 Å². The van der Waals surface area contributed by atoms with Gasteiger partial charge < -0.3 is 5.32 Å². The second kappa shape index (κ2) is 9.70. The number of carbonyl (C=O) groups excluding carboxylic acids is 3. The molecule has 3 amide bonds. The maximum absolute atomic E-state index is 12.5. The molecule has 1 aromatic heterocycles. The highest BCUT2D eigenvalue weighted by atomic mass is 79.9. The Kier molecular flexibility index (Phi) is 7.05. The van der Waals surface area contributed by atoms with Crippen LogP contribution < -0.4 is 5.32 Å². The van der Waals surface area contributed by atoms with Crippen molar-refractivity contribution >= 4 is 50.8 Å². The Morgan fingerprint density at radius 2 is 2.11 bits per heavy atom. The molecular weight excluding hydrogens is 444 g/mol. The topological polar surface area (TPSA) is 84.3 Å². The van der Waals surface area contributed by atoms with Crippen molar-refractivity contribution in [2.75, 3.05) is 13.1 Å². The third-order valence-electron chi connectivity index (χ3n) is 4.03. The quantitative estimate of drug-likeness (QED) is 0.608. The molecule has 0 radical (unpaired) electrons. The van der Waals surface area contributed by atoms with E-state index in [1.807, 2.05) is 36.5 Å². The number of aryl methyl sites for hydroxylation is 1. The Bertz CT molecular complexity index is 898. The number of nitrogens with zero attached hydrogens (tertiary/aromatic N) is 3. The monoisotopic (exact) mass is 462 g/mol. The number of rotatable bonds is 8. The van der Waals surface area contributed by atoms with Crippen molar-refractivity contribution in [2.24, 2.45) is 0 Å². The van der Waals surface area contributed by atoms with Gasteiger partial charge in [-0.2, -0.15) is 5.10 Å². The summed E-state index contributed by atoms with van der Waals surface area (Å²) in [4.78, 5) is 38.0. The number of carbonyl (C=O) groups is 3. The average molecular weight is 463 g/mol. The van der Waals surface area contributed by atoms with Crippen molar-refractivity contribution in [2.45, 2.75) is 19.4 Å². The van der Waals surface area contributed by atoms with Crippen molar-refractivity contribution < 1.29 is 14.4 Å². The second-order valence-electron chi connectivity index (χ2n) is 6.11. The van der Waals surface area contributed by atoms with Gasteiger partial charge in [0.15, 0.2) is 0 Å². The number of nitrogens with one attached hydrogen (secondary N) is 1. The highest BCUT2D eigenvalue weighted by Crippen LogP contribution is 2.32. The number of aromatic nitrogens is 2. The van der Waals surface area contributed by atoms with Crippen LogP contribution in [0.3, 0.4) is 0 Å². The fourth-order valence-electron chi connectivity index (χ4n) is 2.67. The zero-order valence-corrected chi connectivity index (χ0v) is 17.4. The normalized spacial score (nSPS) is 15.5. The van der Waals surface area contributed by atoms with Crippen molar-refractivity contribution in [1.82, 2.24) is 20.0 Å². The smallest absolute Gasteiger partial charge is 0.293 e. The van der Waals surface area contributed by atoms with E-state index < -0.39 is 0 Å². The van der Waals surface area contributed by atoms with Gasteiger partial charge in [-0.15, -0.1) is 0 Å². The highest BCUT2D eigenvalue weighted by molar-refractivity contribution is 9.10. The summed E-state index contributed by atoms with van der Waals surface area (Å²) in [7, 11) is 0. The Morgan fingerprint density at radius 1 is 1.25 bits per heavy atom. The van der Waals surface area contributed by atoms with Crippen LogP contribution in [0.25, 0.3) is 6.08 Å². The number of halogens is 1. The number of benzene rings is 1. The zero-order chi connectivity index (χ0) is 19.9. The van der Waals surface area contributed by atoms with Gasteiger partial charge in [-0.05, 0) is 48.0 Å². The summed E-state index contributed by atoms with van der Waals surface area (Å²) in [6.07, 6.45) is 6.28. The molecule has 9 heteroatoms. The maximum Gasteiger partial charge on any atom is 0.293 e. The van der Waals surface area contributed by atoms with Gasteiger partial charge in [-0.3, -0.25) is 24.0 Å². The first-order valence-electron chi connectivity index (χ1n) is 8.78. The Balaban J connectivity index is 1.44. The summed E-state index contributed by atoms with van der Waals surface area (Å²) in [5, 5.41) is 6.51. The fraction of sp³-hybridized carbons (Fsp3) is 0.263. The molecule has 2 aromatic rings. The molecule has 1 aliphatic rings. The van der Waals surface area contributed by atoms with Gasteiger partial charge in [0.25, 0.3) is 11.1 Å². The minimum absolute atomic E-state index is 0.108. The lowest BCUT2D eigenvalue weighted by atomic mass is 10.2. The van der Waals surface area contributed by atoms with Crippen LogP contribution in [0.15, 0.2) is 52.1 Å². The van der Waals surface area contributed by atoms with E-state index in [0.29, 0.717) is 24.3 Å². The summed E-state index contributed by atoms with van der Waals surface area (Å²) < 4.78 is 2.67. The molecule has 1 aromatic carbocycles. The Morgan fingerprint density at radius 3 is 2.86 bits per heavy atom. The molecule has 0 unspecified atom stereocenters. The molecule has 0 spiro atoms. The van der Waals surface area contributed by atoms with Crippen LogP contribution in [-0.4, -0.2) is 44.8 Å². The molecule has 0 bridgehead atoms. The van der Waals surface area contributed by atoms with Crippen molar-refractivity contribution in [3.63, 3.8) is 0 Å². The van der Waals surface area contributed by atoms with E-state index in [4.69, 9.17) is 0 Å². The lowest BCUT2D eigenvalue weighted by molar-refractivity contribution is -0.124. The summed E-state index contributed by atoms with van der Waals surface area (Å²) >= 11 is 4.30. The van der Waals surface area contributed by atoms with Crippen LogP contribution in [0.1, 0.15) is 18.4 Å². The number of thioether (sulfide) groups is 1. The van der Waals surface area contributed by atoms with Crippen LogP contribution in [0.2, 0.25) is 0 Å². The van der Waals surface area contributed by atoms with E-state index in [9.17, 15) is 14.4 Å². The molecule has 1 saturated heterocycles. The standard InChI is InChI=1S/C19H19BrN4O3S/c20-15-5-1-4-14(12-15)13-16-18(26)24(19(27)28-16)11-8-21-17(25)6-2-9-23-10-3-7-22-23/h1,3-5,7,10,12-13H,2,6,8-9,11H2,(H,21,25)/b16-13+. The van der Waals surface area contributed by atoms with Gasteiger partial charge in [-0.1, -0.05) is 28.1 Å². The summed E-state index contributed by atoms with van der Waals surface area (Å²) in [5.41, 5.74) is 0.838. The molecule has 2 heterocycles. The first-order chi connectivity index (χ1) is 13.5. The van der Waals surface area contributed by atoms with Crippen LogP contribution in [-0.2, 0) is 16.1 Å². The van der Waals surface area contributed by atoms with E-state index in [2.05, 4.69) is 26.3 Å². The van der Waals surface area contributed by atoms with Crippen molar-refractivity contribution in [3.8, 4) is 0 Å². The molecule has 3 rings (SSSR count). The zero-order valence-electron chi connectivity index (χ0n) is 15.0. The molecule has 0 atom stereocenters. The van der Waals surface area contributed by atoms with Crippen molar-refractivity contribution in [3.05, 3.63) is 57.7 Å². The molecule has 1 N–H and O–H groups in total. The molecule has 7 nitrogen and oxygen atoms in total. The van der Waals surface area contributed by atoms with Crippen molar-refractivity contribution in [1.29, 1.82) is 0 Å². The molecule has 1 aliphatic heterocycles. The van der Waals surface area contributed by atoms with E-state index in [1.165, 1.54) is 4.90 Å². The van der Waals surface area contributed by atoms with Crippen LogP contribution in [0.5, 0.6) is 0 Å². The Hall–Kier alpha value is -2.39. The highest BCUT2D eigenvalue weighted by Gasteiger charge is 2.34. The van der Waals surface area contributed by atoms with Crippen LogP contribution in [0.4, 0.5) is 4.79 Å². The van der Waals surface area contributed by atoms with Gasteiger partial charge in [-0.25, -0.2) is 0 Å². The molecule has 0 saturated carbocycles. The van der Waals surface area contributed by atoms with E-state index >= 15 is 0 Å². The minimum atomic E-state index is -0.331. The van der Waals surface area contributed by atoms with E-state index in [0.717, 1.165) is 21.8 Å². The minimum Gasteiger partial charge on any atom is -0.354 e. The van der Waals surface area contributed by atoms with Gasteiger partial charge in [0.05, 0.1) is 4.91 Å². The Labute approximate surface area is 175 Å². The van der Waals surface area contributed by atoms with Gasteiger partial charge >= 0.3 is 0 Å². The predicted molar refractivity (Wildman–Crippen MR) is 111 cm³/mol. The number of hydrogen-bond donors (Lipinski definition) is 1. The third-order valence-corrected chi connectivity index (χ3v) is 5.43. The predicted octanol–water partition coefficient (Wildman–Crippen LogP) is 3.28. The average Bonchev–Trinajstić information content (AvgIpc) is 3.25. The number of hydrogen-bond acceptors (Lipinski definition) is 5.